The SMILES string of the molecule is CCC(C)(C)OC1C(CO)OC(OC2C(CO)OC(O)C(O)C2O)C(O)C1O. The molecule has 2 heterocycles. The van der Waals surface area contributed by atoms with Crippen LogP contribution >= 0.6 is 0 Å². The van der Waals surface area contributed by atoms with Crippen molar-refractivity contribution in [2.75, 3.05) is 13.2 Å². The third-order valence-electron chi connectivity index (χ3n) is 5.26. The number of hydrogen-bond donors (Lipinski definition) is 7. The van der Waals surface area contributed by atoms with Gasteiger partial charge in [0.1, 0.15) is 48.8 Å². The Labute approximate surface area is 163 Å². The van der Waals surface area contributed by atoms with Crippen molar-refractivity contribution in [2.45, 2.75) is 94.2 Å². The first-order valence-corrected chi connectivity index (χ1v) is 9.32. The van der Waals surface area contributed by atoms with Crippen molar-refractivity contribution in [1.29, 1.82) is 0 Å². The van der Waals surface area contributed by atoms with E-state index in [1.165, 1.54) is 0 Å². The number of hydrogen-bond acceptors (Lipinski definition) is 11. The van der Waals surface area contributed by atoms with Crippen LogP contribution in [0.5, 0.6) is 0 Å². The van der Waals surface area contributed by atoms with Gasteiger partial charge in [-0.05, 0) is 20.3 Å². The number of aliphatic hydroxyl groups excluding tert-OH is 7. The van der Waals surface area contributed by atoms with Crippen molar-refractivity contribution >= 4 is 0 Å². The maximum Gasteiger partial charge on any atom is 0.187 e. The molecule has 0 aromatic carbocycles. The molecule has 0 aromatic heterocycles. The maximum absolute atomic E-state index is 10.5. The van der Waals surface area contributed by atoms with Gasteiger partial charge in [-0.3, -0.25) is 0 Å². The maximum atomic E-state index is 10.5. The Morgan fingerprint density at radius 2 is 1.32 bits per heavy atom. The van der Waals surface area contributed by atoms with Crippen LogP contribution < -0.4 is 0 Å². The van der Waals surface area contributed by atoms with Crippen LogP contribution in [-0.4, -0.2) is 116 Å². The smallest absolute Gasteiger partial charge is 0.187 e. The molecule has 2 aliphatic rings. The molecule has 11 nitrogen and oxygen atoms in total. The molecule has 2 saturated heterocycles. The van der Waals surface area contributed by atoms with Crippen molar-refractivity contribution in [3.05, 3.63) is 0 Å². The van der Waals surface area contributed by atoms with Gasteiger partial charge in [0.25, 0.3) is 0 Å². The third kappa shape index (κ3) is 4.99. The summed E-state index contributed by atoms with van der Waals surface area (Å²) in [7, 11) is 0. The molecule has 2 aliphatic heterocycles. The number of aliphatic hydroxyl groups is 7. The Morgan fingerprint density at radius 1 is 0.786 bits per heavy atom. The molecule has 0 aromatic rings. The summed E-state index contributed by atoms with van der Waals surface area (Å²) in [6, 6.07) is 0. The number of rotatable bonds is 7. The van der Waals surface area contributed by atoms with Gasteiger partial charge in [0.15, 0.2) is 12.6 Å². The van der Waals surface area contributed by atoms with Crippen LogP contribution in [0.2, 0.25) is 0 Å². The average molecular weight is 412 g/mol. The lowest BCUT2D eigenvalue weighted by atomic mass is 9.96. The van der Waals surface area contributed by atoms with Crippen molar-refractivity contribution in [1.82, 2.24) is 0 Å². The molecule has 0 bridgehead atoms. The highest BCUT2D eigenvalue weighted by molar-refractivity contribution is 4.95. The topological polar surface area (TPSA) is 179 Å². The molecule has 0 radical (unpaired) electrons. The van der Waals surface area contributed by atoms with Crippen LogP contribution in [0.4, 0.5) is 0 Å². The first-order chi connectivity index (χ1) is 13.1. The third-order valence-corrected chi connectivity index (χ3v) is 5.26. The van der Waals surface area contributed by atoms with Crippen LogP contribution in [0, 0.1) is 0 Å². The van der Waals surface area contributed by atoms with Crippen LogP contribution in [0.15, 0.2) is 0 Å². The second kappa shape index (κ2) is 9.58. The van der Waals surface area contributed by atoms with Crippen molar-refractivity contribution in [2.24, 2.45) is 0 Å². The highest BCUT2D eigenvalue weighted by atomic mass is 16.7. The highest BCUT2D eigenvalue weighted by Gasteiger charge is 2.51. The molecule has 0 spiro atoms. The van der Waals surface area contributed by atoms with E-state index < -0.39 is 80.2 Å². The van der Waals surface area contributed by atoms with E-state index in [1.807, 2.05) is 6.92 Å². The van der Waals surface area contributed by atoms with E-state index in [1.54, 1.807) is 13.8 Å². The van der Waals surface area contributed by atoms with Gasteiger partial charge in [0.2, 0.25) is 0 Å². The standard InChI is InChI=1S/C17H32O11/c1-4-17(2,3)28-14-8(6-19)26-16(12(23)10(14)21)27-13-7(5-18)25-15(24)11(22)9(13)20/h7-16,18-24H,4-6H2,1-3H3. The van der Waals surface area contributed by atoms with Gasteiger partial charge >= 0.3 is 0 Å². The van der Waals surface area contributed by atoms with Gasteiger partial charge in [-0.25, -0.2) is 0 Å². The van der Waals surface area contributed by atoms with Gasteiger partial charge < -0.3 is 54.7 Å². The molecule has 2 rings (SSSR count). The van der Waals surface area contributed by atoms with E-state index in [-0.39, 0.29) is 0 Å². The molecule has 0 saturated carbocycles. The van der Waals surface area contributed by atoms with Crippen LogP contribution in [0.1, 0.15) is 27.2 Å². The van der Waals surface area contributed by atoms with E-state index in [2.05, 4.69) is 0 Å². The molecular formula is C17H32O11. The van der Waals surface area contributed by atoms with Crippen LogP contribution in [0.3, 0.4) is 0 Å². The molecule has 0 amide bonds. The summed E-state index contributed by atoms with van der Waals surface area (Å²) >= 11 is 0. The van der Waals surface area contributed by atoms with E-state index in [4.69, 9.17) is 18.9 Å². The molecular weight excluding hydrogens is 380 g/mol. The fourth-order valence-corrected chi connectivity index (χ4v) is 3.15. The zero-order valence-electron chi connectivity index (χ0n) is 16.2. The highest BCUT2D eigenvalue weighted by Crippen LogP contribution is 2.31. The summed E-state index contributed by atoms with van der Waals surface area (Å²) in [5.41, 5.74) is -0.647. The second-order valence-corrected chi connectivity index (χ2v) is 7.73. The number of ether oxygens (including phenoxy) is 4. The van der Waals surface area contributed by atoms with E-state index in [9.17, 15) is 35.7 Å². The normalized spacial score (nSPS) is 45.2. The lowest BCUT2D eigenvalue weighted by Gasteiger charge is -2.47. The van der Waals surface area contributed by atoms with Crippen molar-refractivity contribution in [3.63, 3.8) is 0 Å². The van der Waals surface area contributed by atoms with Gasteiger partial charge in [-0.15, -0.1) is 0 Å². The Kier molecular flexibility index (Phi) is 8.15. The quantitative estimate of drug-likeness (QED) is 0.224. The van der Waals surface area contributed by atoms with E-state index >= 15 is 0 Å². The molecule has 7 N–H and O–H groups in total. The largest absolute Gasteiger partial charge is 0.394 e. The first-order valence-electron chi connectivity index (χ1n) is 9.32. The lowest BCUT2D eigenvalue weighted by Crippen LogP contribution is -2.65. The average Bonchev–Trinajstić information content (AvgIpc) is 2.67. The van der Waals surface area contributed by atoms with Gasteiger partial charge in [-0.1, -0.05) is 6.92 Å². The molecule has 10 atom stereocenters. The summed E-state index contributed by atoms with van der Waals surface area (Å²) < 4.78 is 21.8. The summed E-state index contributed by atoms with van der Waals surface area (Å²) in [5.74, 6) is 0. The summed E-state index contributed by atoms with van der Waals surface area (Å²) in [5, 5.41) is 69.4. The van der Waals surface area contributed by atoms with Crippen molar-refractivity contribution in [3.8, 4) is 0 Å². The zero-order chi connectivity index (χ0) is 21.2. The first kappa shape index (κ1) is 23.8. The predicted molar refractivity (Wildman–Crippen MR) is 91.9 cm³/mol. The Morgan fingerprint density at radius 3 is 1.86 bits per heavy atom. The zero-order valence-corrected chi connectivity index (χ0v) is 16.2. The van der Waals surface area contributed by atoms with Crippen molar-refractivity contribution < 1.29 is 54.7 Å². The Balaban J connectivity index is 2.14. The Hall–Kier alpha value is -0.440. The minimum atomic E-state index is -1.73. The Bertz CT molecular complexity index is 486. The predicted octanol–water partition coefficient (Wildman–Crippen LogP) is -3.18. The molecule has 166 valence electrons. The van der Waals surface area contributed by atoms with Gasteiger partial charge in [-0.2, -0.15) is 0 Å². The van der Waals surface area contributed by atoms with E-state index in [0.717, 1.165) is 0 Å². The molecule has 0 aliphatic carbocycles. The monoisotopic (exact) mass is 412 g/mol. The van der Waals surface area contributed by atoms with Gasteiger partial charge in [0.05, 0.1) is 18.8 Å². The molecule has 10 unspecified atom stereocenters. The fourth-order valence-electron chi connectivity index (χ4n) is 3.15. The summed E-state index contributed by atoms with van der Waals surface area (Å²) in [6.07, 6.45) is -13.8. The minimum Gasteiger partial charge on any atom is -0.394 e. The lowest BCUT2D eigenvalue weighted by molar-refractivity contribution is -0.361. The summed E-state index contributed by atoms with van der Waals surface area (Å²) in [4.78, 5) is 0. The molecule has 11 heteroatoms. The second-order valence-electron chi connectivity index (χ2n) is 7.73. The minimum absolute atomic E-state index is 0.539. The van der Waals surface area contributed by atoms with E-state index in [0.29, 0.717) is 6.42 Å². The van der Waals surface area contributed by atoms with Gasteiger partial charge in [0, 0.05) is 0 Å². The molecule has 28 heavy (non-hydrogen) atoms. The molecule has 2 fully saturated rings. The van der Waals surface area contributed by atoms with Crippen LogP contribution in [0.25, 0.3) is 0 Å². The fraction of sp³-hybridized carbons (Fsp3) is 1.00. The van der Waals surface area contributed by atoms with Crippen LogP contribution in [-0.2, 0) is 18.9 Å². The summed E-state index contributed by atoms with van der Waals surface area (Å²) in [6.45, 7) is 4.26.